The van der Waals surface area contributed by atoms with Crippen LogP contribution < -0.4 is 5.32 Å². The maximum Gasteiger partial charge on any atom is 0.419 e. The number of rotatable bonds is 5. The van der Waals surface area contributed by atoms with Crippen LogP contribution >= 0.6 is 0 Å². The molecule has 1 aromatic heterocycles. The quantitative estimate of drug-likeness (QED) is 0.833. The van der Waals surface area contributed by atoms with Crippen LogP contribution in [0.25, 0.3) is 0 Å². The smallest absolute Gasteiger partial charge is 0.355 e. The van der Waals surface area contributed by atoms with E-state index in [1.807, 2.05) is 0 Å². The van der Waals surface area contributed by atoms with Crippen LogP contribution in [0.15, 0.2) is 30.5 Å². The maximum atomic E-state index is 13.1. The third-order valence-electron chi connectivity index (χ3n) is 2.98. The lowest BCUT2D eigenvalue weighted by Gasteiger charge is -2.10. The molecule has 0 aliphatic heterocycles. The van der Waals surface area contributed by atoms with Crippen molar-refractivity contribution in [2.24, 2.45) is 0 Å². The van der Waals surface area contributed by atoms with Gasteiger partial charge in [-0.2, -0.15) is 18.3 Å². The SMILES string of the molecule is O=C(Cc1ccc(F)c(C(F)(F)F)c1)NCCc1ccn[nH]1. The number of alkyl halides is 3. The molecule has 0 fully saturated rings. The van der Waals surface area contributed by atoms with Crippen molar-refractivity contribution in [1.82, 2.24) is 15.5 Å². The first-order valence-corrected chi connectivity index (χ1v) is 6.47. The molecule has 1 amide bonds. The zero-order valence-corrected chi connectivity index (χ0v) is 11.4. The van der Waals surface area contributed by atoms with Crippen molar-refractivity contribution >= 4 is 5.91 Å². The largest absolute Gasteiger partial charge is 0.419 e. The molecule has 2 aromatic rings. The van der Waals surface area contributed by atoms with Gasteiger partial charge in [0.25, 0.3) is 0 Å². The summed E-state index contributed by atoms with van der Waals surface area (Å²) < 4.78 is 50.9. The topological polar surface area (TPSA) is 57.8 Å². The average molecular weight is 315 g/mol. The minimum absolute atomic E-state index is 0.104. The number of aromatic amines is 1. The summed E-state index contributed by atoms with van der Waals surface area (Å²) >= 11 is 0. The fourth-order valence-electron chi connectivity index (χ4n) is 1.91. The van der Waals surface area contributed by atoms with Gasteiger partial charge in [-0.05, 0) is 23.8 Å². The van der Waals surface area contributed by atoms with E-state index >= 15 is 0 Å². The molecule has 0 aliphatic carbocycles. The van der Waals surface area contributed by atoms with E-state index in [4.69, 9.17) is 0 Å². The molecule has 1 aromatic carbocycles. The summed E-state index contributed by atoms with van der Waals surface area (Å²) in [6, 6.07) is 4.29. The first-order chi connectivity index (χ1) is 10.4. The molecule has 0 saturated heterocycles. The van der Waals surface area contributed by atoms with Gasteiger partial charge in [0.05, 0.1) is 12.0 Å². The van der Waals surface area contributed by atoms with Gasteiger partial charge in [-0.25, -0.2) is 4.39 Å². The normalized spacial score (nSPS) is 11.5. The van der Waals surface area contributed by atoms with Gasteiger partial charge in [-0.15, -0.1) is 0 Å². The van der Waals surface area contributed by atoms with Gasteiger partial charge in [0.1, 0.15) is 5.82 Å². The van der Waals surface area contributed by atoms with Crippen LogP contribution in [0, 0.1) is 5.82 Å². The van der Waals surface area contributed by atoms with Gasteiger partial charge in [-0.3, -0.25) is 9.89 Å². The molecule has 2 N–H and O–H groups in total. The zero-order valence-electron chi connectivity index (χ0n) is 11.4. The van der Waals surface area contributed by atoms with Gasteiger partial charge in [-0.1, -0.05) is 6.07 Å². The van der Waals surface area contributed by atoms with Gasteiger partial charge in [0.15, 0.2) is 0 Å². The van der Waals surface area contributed by atoms with Crippen LogP contribution in [0.3, 0.4) is 0 Å². The Morgan fingerprint density at radius 1 is 1.27 bits per heavy atom. The maximum absolute atomic E-state index is 13.1. The first-order valence-electron chi connectivity index (χ1n) is 6.47. The standard InChI is InChI=1S/C14H13F4N3O/c15-12-2-1-9(7-11(12)14(16,17)18)8-13(22)19-5-3-10-4-6-20-21-10/h1-2,4,6-7H,3,5,8H2,(H,19,22)(H,20,21). The number of hydrogen-bond donors (Lipinski definition) is 2. The fourth-order valence-corrected chi connectivity index (χ4v) is 1.91. The number of H-pyrrole nitrogens is 1. The van der Waals surface area contributed by atoms with Crippen molar-refractivity contribution in [1.29, 1.82) is 0 Å². The van der Waals surface area contributed by atoms with E-state index in [2.05, 4.69) is 15.5 Å². The highest BCUT2D eigenvalue weighted by Crippen LogP contribution is 2.31. The lowest BCUT2D eigenvalue weighted by molar-refractivity contribution is -0.140. The Balaban J connectivity index is 1.91. The molecule has 0 saturated carbocycles. The second-order valence-corrected chi connectivity index (χ2v) is 4.67. The summed E-state index contributed by atoms with van der Waals surface area (Å²) in [6.07, 6.45) is -2.92. The first kappa shape index (κ1) is 16.0. The van der Waals surface area contributed by atoms with Crippen molar-refractivity contribution in [2.45, 2.75) is 19.0 Å². The predicted molar refractivity (Wildman–Crippen MR) is 70.4 cm³/mol. The van der Waals surface area contributed by atoms with Crippen molar-refractivity contribution in [3.8, 4) is 0 Å². The summed E-state index contributed by atoms with van der Waals surface area (Å²) in [7, 11) is 0. The minimum atomic E-state index is -4.78. The van der Waals surface area contributed by atoms with Crippen LogP contribution in [-0.4, -0.2) is 22.6 Å². The molecule has 0 radical (unpaired) electrons. The highest BCUT2D eigenvalue weighted by molar-refractivity contribution is 5.78. The number of benzene rings is 1. The average Bonchev–Trinajstić information content (AvgIpc) is 2.93. The molecule has 8 heteroatoms. The molecule has 4 nitrogen and oxygen atoms in total. The van der Waals surface area contributed by atoms with Crippen LogP contribution in [0.4, 0.5) is 17.6 Å². The number of aromatic nitrogens is 2. The molecule has 1 heterocycles. The molecular formula is C14H13F4N3O. The second kappa shape index (κ2) is 6.59. The van der Waals surface area contributed by atoms with Gasteiger partial charge >= 0.3 is 6.18 Å². The fraction of sp³-hybridized carbons (Fsp3) is 0.286. The van der Waals surface area contributed by atoms with Crippen LogP contribution in [0.1, 0.15) is 16.8 Å². The third kappa shape index (κ3) is 4.31. The van der Waals surface area contributed by atoms with Crippen LogP contribution in [0.5, 0.6) is 0 Å². The monoisotopic (exact) mass is 315 g/mol. The molecule has 118 valence electrons. The number of nitrogens with zero attached hydrogens (tertiary/aromatic N) is 1. The number of carbonyl (C=O) groups excluding carboxylic acids is 1. The molecule has 0 aliphatic rings. The Kier molecular flexibility index (Phi) is 4.79. The van der Waals surface area contributed by atoms with E-state index in [-0.39, 0.29) is 12.0 Å². The summed E-state index contributed by atoms with van der Waals surface area (Å²) in [5.74, 6) is -1.78. The van der Waals surface area contributed by atoms with Crippen LogP contribution in [-0.2, 0) is 23.8 Å². The van der Waals surface area contributed by atoms with E-state index in [0.29, 0.717) is 19.0 Å². The number of hydrogen-bond acceptors (Lipinski definition) is 2. The highest BCUT2D eigenvalue weighted by Gasteiger charge is 2.34. The Hall–Kier alpha value is -2.38. The minimum Gasteiger partial charge on any atom is -0.355 e. The Morgan fingerprint density at radius 3 is 2.68 bits per heavy atom. The van der Waals surface area contributed by atoms with Gasteiger partial charge in [0.2, 0.25) is 5.91 Å². The van der Waals surface area contributed by atoms with Gasteiger partial charge in [0, 0.05) is 24.9 Å². The molecule has 0 spiro atoms. The lowest BCUT2D eigenvalue weighted by Crippen LogP contribution is -2.27. The van der Waals surface area contributed by atoms with E-state index in [9.17, 15) is 22.4 Å². The summed E-state index contributed by atoms with van der Waals surface area (Å²) in [6.45, 7) is 0.328. The van der Waals surface area contributed by atoms with E-state index < -0.39 is 23.5 Å². The summed E-state index contributed by atoms with van der Waals surface area (Å²) in [4.78, 5) is 11.7. The second-order valence-electron chi connectivity index (χ2n) is 4.67. The lowest BCUT2D eigenvalue weighted by atomic mass is 10.1. The molecule has 22 heavy (non-hydrogen) atoms. The zero-order chi connectivity index (χ0) is 16.2. The highest BCUT2D eigenvalue weighted by atomic mass is 19.4. The third-order valence-corrected chi connectivity index (χ3v) is 2.98. The molecule has 0 atom stereocenters. The van der Waals surface area contributed by atoms with Crippen molar-refractivity contribution < 1.29 is 22.4 Å². The Bertz CT molecular complexity index is 638. The molecule has 2 rings (SSSR count). The van der Waals surface area contributed by atoms with Crippen molar-refractivity contribution in [3.63, 3.8) is 0 Å². The van der Waals surface area contributed by atoms with E-state index in [1.54, 1.807) is 12.3 Å². The predicted octanol–water partition coefficient (Wildman–Crippen LogP) is 2.47. The van der Waals surface area contributed by atoms with Gasteiger partial charge < -0.3 is 5.32 Å². The Morgan fingerprint density at radius 2 is 2.05 bits per heavy atom. The Labute approximate surface area is 123 Å². The number of halogens is 4. The van der Waals surface area contributed by atoms with Crippen LogP contribution in [0.2, 0.25) is 0 Å². The van der Waals surface area contributed by atoms with Crippen molar-refractivity contribution in [2.75, 3.05) is 6.54 Å². The number of carbonyl (C=O) groups is 1. The summed E-state index contributed by atoms with van der Waals surface area (Å²) in [5, 5.41) is 9.05. The molecule has 0 unspecified atom stereocenters. The summed E-state index contributed by atoms with van der Waals surface area (Å²) in [5.41, 5.74) is -0.426. The molecular weight excluding hydrogens is 302 g/mol. The van der Waals surface area contributed by atoms with E-state index in [1.165, 1.54) is 6.07 Å². The van der Waals surface area contributed by atoms with Crippen molar-refractivity contribution in [3.05, 3.63) is 53.1 Å². The van der Waals surface area contributed by atoms with E-state index in [0.717, 1.165) is 11.8 Å². The molecule has 0 bridgehead atoms. The number of amides is 1. The number of nitrogens with one attached hydrogen (secondary N) is 2.